The maximum Gasteiger partial charge on any atom is 0.322 e. The highest BCUT2D eigenvalue weighted by Crippen LogP contribution is 2.25. The van der Waals surface area contributed by atoms with Gasteiger partial charge in [-0.25, -0.2) is 4.39 Å². The number of hydrogen-bond donors (Lipinski definition) is 1. The maximum absolute atomic E-state index is 13.1. The molecule has 1 atom stereocenters. The summed E-state index contributed by atoms with van der Waals surface area (Å²) in [5.74, 6) is -0.884. The lowest BCUT2D eigenvalue weighted by Gasteiger charge is -2.10. The first-order chi connectivity index (χ1) is 10.0. The Morgan fingerprint density at radius 1 is 1.23 bits per heavy atom. The fourth-order valence-electron chi connectivity index (χ4n) is 2.00. The lowest BCUT2D eigenvalue weighted by molar-refractivity contribution is -0.142. The van der Waals surface area contributed by atoms with Crippen molar-refractivity contribution in [2.24, 2.45) is 5.73 Å². The molecule has 0 spiro atoms. The molecule has 0 aliphatic heterocycles. The zero-order valence-corrected chi connectivity index (χ0v) is 13.5. The molecule has 22 heavy (non-hydrogen) atoms. The van der Waals surface area contributed by atoms with Crippen molar-refractivity contribution in [2.75, 3.05) is 7.11 Å². The van der Waals surface area contributed by atoms with Gasteiger partial charge in [-0.3, -0.25) is 4.79 Å². The van der Waals surface area contributed by atoms with Gasteiger partial charge in [0.15, 0.2) is 0 Å². The van der Waals surface area contributed by atoms with Gasteiger partial charge in [-0.2, -0.15) is 0 Å². The lowest BCUT2D eigenvalue weighted by atomic mass is 10.0. The first kappa shape index (κ1) is 18.4. The Kier molecular flexibility index (Phi) is 6.81. The Morgan fingerprint density at radius 3 is 2.36 bits per heavy atom. The van der Waals surface area contributed by atoms with Crippen LogP contribution in [0.4, 0.5) is 4.39 Å². The fraction of sp³-hybridized carbons (Fsp3) is 0.188. The predicted molar refractivity (Wildman–Crippen MR) is 87.8 cm³/mol. The minimum Gasteiger partial charge on any atom is -0.468 e. The van der Waals surface area contributed by atoms with Crippen molar-refractivity contribution in [1.29, 1.82) is 0 Å². The number of benzene rings is 2. The van der Waals surface area contributed by atoms with Crippen molar-refractivity contribution < 1.29 is 13.9 Å². The Morgan fingerprint density at radius 2 is 1.82 bits per heavy atom. The molecule has 3 nitrogen and oxygen atoms in total. The summed E-state index contributed by atoms with van der Waals surface area (Å²) in [6.45, 7) is 0. The van der Waals surface area contributed by atoms with Crippen molar-refractivity contribution in [2.45, 2.75) is 12.5 Å². The average Bonchev–Trinajstić information content (AvgIpc) is 2.50. The quantitative estimate of drug-likeness (QED) is 0.862. The van der Waals surface area contributed by atoms with Crippen LogP contribution in [0, 0.1) is 5.82 Å². The molecule has 6 heteroatoms. The summed E-state index contributed by atoms with van der Waals surface area (Å²) in [6, 6.07) is 11.4. The normalized spacial score (nSPS) is 11.5. The minimum absolute atomic E-state index is 0. The number of nitrogens with two attached hydrogens (primary N) is 1. The smallest absolute Gasteiger partial charge is 0.322 e. The highest BCUT2D eigenvalue weighted by atomic mass is 35.5. The van der Waals surface area contributed by atoms with E-state index in [1.54, 1.807) is 12.1 Å². The van der Waals surface area contributed by atoms with Crippen molar-refractivity contribution in [3.63, 3.8) is 0 Å². The molecule has 0 aliphatic carbocycles. The van der Waals surface area contributed by atoms with Gasteiger partial charge < -0.3 is 10.5 Å². The Labute approximate surface area is 139 Å². The van der Waals surface area contributed by atoms with Gasteiger partial charge in [-0.1, -0.05) is 41.9 Å². The van der Waals surface area contributed by atoms with Gasteiger partial charge in [-0.05, 0) is 35.2 Å². The van der Waals surface area contributed by atoms with Crippen molar-refractivity contribution in [1.82, 2.24) is 0 Å². The van der Waals surface area contributed by atoms with Crippen LogP contribution in [0.1, 0.15) is 5.56 Å². The Bertz CT molecular complexity index is 647. The predicted octanol–water partition coefficient (Wildman–Crippen LogP) is 3.61. The van der Waals surface area contributed by atoms with Gasteiger partial charge in [0.25, 0.3) is 0 Å². The highest BCUT2D eigenvalue weighted by Gasteiger charge is 2.14. The van der Waals surface area contributed by atoms with Crippen LogP contribution in [0.5, 0.6) is 0 Å². The molecule has 0 fully saturated rings. The SMILES string of the molecule is COC(=O)C(N)Cc1ccc(-c2ccc(F)c(Cl)c2)cc1.Cl. The molecule has 2 aromatic carbocycles. The van der Waals surface area contributed by atoms with Gasteiger partial charge in [0.2, 0.25) is 0 Å². The molecule has 2 N–H and O–H groups in total. The monoisotopic (exact) mass is 343 g/mol. The zero-order valence-electron chi connectivity index (χ0n) is 11.9. The molecular weight excluding hydrogens is 328 g/mol. The summed E-state index contributed by atoms with van der Waals surface area (Å²) in [4.78, 5) is 11.3. The number of hydrogen-bond acceptors (Lipinski definition) is 3. The van der Waals surface area contributed by atoms with E-state index in [4.69, 9.17) is 17.3 Å². The number of halogens is 3. The molecular formula is C16H16Cl2FNO2. The van der Waals surface area contributed by atoms with Crippen LogP contribution in [-0.4, -0.2) is 19.1 Å². The minimum atomic E-state index is -0.680. The van der Waals surface area contributed by atoms with Gasteiger partial charge >= 0.3 is 5.97 Å². The molecule has 0 saturated carbocycles. The van der Waals surface area contributed by atoms with Crippen LogP contribution in [-0.2, 0) is 16.0 Å². The van der Waals surface area contributed by atoms with Crippen LogP contribution >= 0.6 is 24.0 Å². The molecule has 0 bridgehead atoms. The summed E-state index contributed by atoms with van der Waals surface area (Å²) >= 11 is 5.77. The fourth-order valence-corrected chi connectivity index (χ4v) is 2.18. The standard InChI is InChI=1S/C16H15ClFNO2.ClH/c1-21-16(20)15(19)8-10-2-4-11(5-3-10)12-6-7-14(18)13(17)9-12;/h2-7,9,15H,8,19H2,1H3;1H. The van der Waals surface area contributed by atoms with Crippen LogP contribution < -0.4 is 5.73 Å². The largest absolute Gasteiger partial charge is 0.468 e. The van der Waals surface area contributed by atoms with Crippen LogP contribution in [0.15, 0.2) is 42.5 Å². The average molecular weight is 344 g/mol. The van der Waals surface area contributed by atoms with E-state index in [2.05, 4.69) is 4.74 Å². The number of ether oxygens (including phenoxy) is 1. The molecule has 0 saturated heterocycles. The Hall–Kier alpha value is -1.62. The zero-order chi connectivity index (χ0) is 15.4. The van der Waals surface area contributed by atoms with E-state index in [1.807, 2.05) is 24.3 Å². The van der Waals surface area contributed by atoms with E-state index >= 15 is 0 Å². The molecule has 0 radical (unpaired) electrons. The molecule has 0 heterocycles. The van der Waals surface area contributed by atoms with Crippen LogP contribution in [0.25, 0.3) is 11.1 Å². The second-order valence-corrected chi connectivity index (χ2v) is 5.07. The van der Waals surface area contributed by atoms with Crippen molar-refractivity contribution in [3.05, 3.63) is 58.9 Å². The third-order valence-corrected chi connectivity index (χ3v) is 3.46. The van der Waals surface area contributed by atoms with E-state index in [-0.39, 0.29) is 17.4 Å². The van der Waals surface area contributed by atoms with Crippen molar-refractivity contribution >= 4 is 30.0 Å². The van der Waals surface area contributed by atoms with Gasteiger partial charge in [-0.15, -0.1) is 12.4 Å². The molecule has 1 unspecified atom stereocenters. The number of rotatable bonds is 4. The first-order valence-corrected chi connectivity index (χ1v) is 6.77. The number of carbonyl (C=O) groups is 1. The summed E-state index contributed by atoms with van der Waals surface area (Å²) in [5, 5.41) is 0.0873. The van der Waals surface area contributed by atoms with Crippen LogP contribution in [0.2, 0.25) is 5.02 Å². The molecule has 0 aromatic heterocycles. The number of carbonyl (C=O) groups excluding carboxylic acids is 1. The van der Waals surface area contributed by atoms with Crippen LogP contribution in [0.3, 0.4) is 0 Å². The van der Waals surface area contributed by atoms with E-state index in [9.17, 15) is 9.18 Å². The molecule has 2 aromatic rings. The molecule has 0 amide bonds. The van der Waals surface area contributed by atoms with Gasteiger partial charge in [0.05, 0.1) is 12.1 Å². The van der Waals surface area contributed by atoms with E-state index in [0.717, 1.165) is 16.7 Å². The molecule has 0 aliphatic rings. The highest BCUT2D eigenvalue weighted by molar-refractivity contribution is 6.31. The van der Waals surface area contributed by atoms with E-state index in [1.165, 1.54) is 13.2 Å². The summed E-state index contributed by atoms with van der Waals surface area (Å²) in [6.07, 6.45) is 0.400. The third kappa shape index (κ3) is 4.44. The number of esters is 1. The second kappa shape index (κ2) is 8.13. The lowest BCUT2D eigenvalue weighted by Crippen LogP contribution is -2.33. The van der Waals surface area contributed by atoms with Crippen molar-refractivity contribution in [3.8, 4) is 11.1 Å². The van der Waals surface area contributed by atoms with Gasteiger partial charge in [0, 0.05) is 0 Å². The second-order valence-electron chi connectivity index (χ2n) is 4.66. The summed E-state index contributed by atoms with van der Waals surface area (Å²) in [5.41, 5.74) is 8.37. The summed E-state index contributed by atoms with van der Waals surface area (Å²) < 4.78 is 17.7. The molecule has 2 rings (SSSR count). The first-order valence-electron chi connectivity index (χ1n) is 6.39. The third-order valence-electron chi connectivity index (χ3n) is 3.17. The van der Waals surface area contributed by atoms with E-state index in [0.29, 0.717) is 6.42 Å². The van der Waals surface area contributed by atoms with E-state index < -0.39 is 17.8 Å². The maximum atomic E-state index is 13.1. The number of methoxy groups -OCH3 is 1. The van der Waals surface area contributed by atoms with Gasteiger partial charge in [0.1, 0.15) is 11.9 Å². The topological polar surface area (TPSA) is 52.3 Å². The molecule has 118 valence electrons. The summed E-state index contributed by atoms with van der Waals surface area (Å²) in [7, 11) is 1.31. The Balaban J connectivity index is 0.00000242.